The van der Waals surface area contributed by atoms with Crippen LogP contribution < -0.4 is 10.6 Å². The van der Waals surface area contributed by atoms with E-state index in [2.05, 4.69) is 27.5 Å². The number of aliphatic imine (C=N–C) groups is 1. The number of hydrogen-bond donors (Lipinski definition) is 2. The zero-order chi connectivity index (χ0) is 17.2. The number of thiazole rings is 1. The molecule has 0 radical (unpaired) electrons. The first-order valence-corrected chi connectivity index (χ1v) is 9.17. The smallest absolute Gasteiger partial charge is 0.191 e. The summed E-state index contributed by atoms with van der Waals surface area (Å²) < 4.78 is 13.1. The number of nitrogens with zero attached hydrogens (tertiary/aromatic N) is 2. The van der Waals surface area contributed by atoms with Gasteiger partial charge in [0.2, 0.25) is 0 Å². The zero-order valence-electron chi connectivity index (χ0n) is 14.7. The molecule has 2 aromatic rings. The Morgan fingerprint density at radius 2 is 2.12 bits per heavy atom. The topological polar surface area (TPSA) is 49.3 Å². The monoisotopic (exact) mass is 476 g/mol. The lowest BCUT2D eigenvalue weighted by Crippen LogP contribution is -2.38. The molecule has 0 atom stereocenters. The Kier molecular flexibility index (Phi) is 10.6. The van der Waals surface area contributed by atoms with Crippen LogP contribution in [-0.4, -0.2) is 30.6 Å². The summed E-state index contributed by atoms with van der Waals surface area (Å²) in [5, 5.41) is 7.72. The van der Waals surface area contributed by atoms with Crippen LogP contribution >= 0.6 is 35.3 Å². The van der Waals surface area contributed by atoms with Crippen LogP contribution in [0.1, 0.15) is 28.8 Å². The lowest BCUT2D eigenvalue weighted by molar-refractivity contribution is 0.624. The highest BCUT2D eigenvalue weighted by Crippen LogP contribution is 2.11. The average molecular weight is 476 g/mol. The Hall–Kier alpha value is -1.22. The molecule has 0 saturated carbocycles. The standard InChI is InChI=1S/C18H25FN4S.HI/c1-3-20-18(22-11-9-17-23-13-14(2)24-17)21-10-5-7-15-6-4-8-16(19)12-15;/h4,6,8,12-13H,3,5,7,9-11H2,1-2H3,(H2,20,21,22);1H. The van der Waals surface area contributed by atoms with E-state index in [1.807, 2.05) is 19.2 Å². The summed E-state index contributed by atoms with van der Waals surface area (Å²) in [5.74, 6) is 0.647. The molecule has 0 aliphatic heterocycles. The lowest BCUT2D eigenvalue weighted by Gasteiger charge is -2.10. The molecular weight excluding hydrogens is 450 g/mol. The van der Waals surface area contributed by atoms with Gasteiger partial charge in [0.1, 0.15) is 5.82 Å². The fourth-order valence-corrected chi connectivity index (χ4v) is 3.10. The summed E-state index contributed by atoms with van der Waals surface area (Å²) in [6, 6.07) is 6.76. The number of nitrogens with one attached hydrogen (secondary N) is 2. The second-order valence-electron chi connectivity index (χ2n) is 5.54. The maximum atomic E-state index is 13.1. The molecule has 1 aromatic heterocycles. The second-order valence-corrected chi connectivity index (χ2v) is 6.85. The molecule has 2 rings (SSSR count). The molecule has 4 nitrogen and oxygen atoms in total. The first-order valence-electron chi connectivity index (χ1n) is 8.35. The lowest BCUT2D eigenvalue weighted by atomic mass is 10.1. The molecule has 0 spiro atoms. The molecule has 2 N–H and O–H groups in total. The first-order chi connectivity index (χ1) is 11.7. The Morgan fingerprint density at radius 1 is 1.28 bits per heavy atom. The first kappa shape index (κ1) is 21.8. The van der Waals surface area contributed by atoms with Gasteiger partial charge in [-0.3, -0.25) is 4.99 Å². The highest BCUT2D eigenvalue weighted by atomic mass is 127. The number of hydrogen-bond acceptors (Lipinski definition) is 3. The van der Waals surface area contributed by atoms with E-state index in [1.54, 1.807) is 23.5 Å². The van der Waals surface area contributed by atoms with Gasteiger partial charge in [-0.15, -0.1) is 35.3 Å². The highest BCUT2D eigenvalue weighted by molar-refractivity contribution is 14.0. The largest absolute Gasteiger partial charge is 0.357 e. The average Bonchev–Trinajstić information content (AvgIpc) is 2.97. The van der Waals surface area contributed by atoms with Crippen molar-refractivity contribution in [1.29, 1.82) is 0 Å². The molecule has 7 heteroatoms. The van der Waals surface area contributed by atoms with E-state index in [9.17, 15) is 4.39 Å². The van der Waals surface area contributed by atoms with Gasteiger partial charge in [-0.05, 0) is 44.4 Å². The maximum Gasteiger partial charge on any atom is 0.191 e. The minimum absolute atomic E-state index is 0. The van der Waals surface area contributed by atoms with E-state index in [0.29, 0.717) is 6.54 Å². The molecule has 0 saturated heterocycles. The van der Waals surface area contributed by atoms with Gasteiger partial charge in [0, 0.05) is 37.1 Å². The fraction of sp³-hybridized carbons (Fsp3) is 0.444. The number of rotatable bonds is 8. The van der Waals surface area contributed by atoms with Crippen LogP contribution in [0.15, 0.2) is 35.5 Å². The quantitative estimate of drug-likeness (QED) is 0.263. The van der Waals surface area contributed by atoms with Gasteiger partial charge in [-0.1, -0.05) is 12.1 Å². The molecule has 0 unspecified atom stereocenters. The van der Waals surface area contributed by atoms with Gasteiger partial charge in [0.15, 0.2) is 5.96 Å². The Bertz CT molecular complexity index is 660. The maximum absolute atomic E-state index is 13.1. The minimum Gasteiger partial charge on any atom is -0.357 e. The van der Waals surface area contributed by atoms with Crippen molar-refractivity contribution in [2.75, 3.05) is 19.6 Å². The minimum atomic E-state index is -0.177. The van der Waals surface area contributed by atoms with Gasteiger partial charge in [-0.25, -0.2) is 9.37 Å². The van der Waals surface area contributed by atoms with Crippen LogP contribution in [0.2, 0.25) is 0 Å². The highest BCUT2D eigenvalue weighted by Gasteiger charge is 2.01. The van der Waals surface area contributed by atoms with Gasteiger partial charge in [0.05, 0.1) is 5.01 Å². The number of aryl methyl sites for hydroxylation is 2. The van der Waals surface area contributed by atoms with Crippen molar-refractivity contribution >= 4 is 41.3 Å². The van der Waals surface area contributed by atoms with E-state index in [1.165, 1.54) is 10.9 Å². The summed E-state index contributed by atoms with van der Waals surface area (Å²) in [5.41, 5.74) is 1.02. The van der Waals surface area contributed by atoms with E-state index >= 15 is 0 Å². The second kappa shape index (κ2) is 12.2. The van der Waals surface area contributed by atoms with Crippen molar-refractivity contribution < 1.29 is 4.39 Å². The van der Waals surface area contributed by atoms with Crippen LogP contribution in [0.5, 0.6) is 0 Å². The Labute approximate surface area is 170 Å². The summed E-state index contributed by atoms with van der Waals surface area (Å²) in [4.78, 5) is 10.2. The third kappa shape index (κ3) is 8.62. The SMILES string of the molecule is CCNC(=NCCCc1cccc(F)c1)NCCc1ncc(C)s1.I. The van der Waals surface area contributed by atoms with Crippen molar-refractivity contribution in [2.45, 2.75) is 33.1 Å². The number of aromatic nitrogens is 1. The Balaban J connectivity index is 0.00000312. The van der Waals surface area contributed by atoms with E-state index in [4.69, 9.17) is 0 Å². The molecule has 25 heavy (non-hydrogen) atoms. The normalized spacial score (nSPS) is 11.1. The molecule has 0 aliphatic rings. The summed E-state index contributed by atoms with van der Waals surface area (Å²) >= 11 is 1.73. The van der Waals surface area contributed by atoms with E-state index < -0.39 is 0 Å². The van der Waals surface area contributed by atoms with Gasteiger partial charge < -0.3 is 10.6 Å². The summed E-state index contributed by atoms with van der Waals surface area (Å²) in [6.07, 6.45) is 4.53. The van der Waals surface area contributed by atoms with E-state index in [0.717, 1.165) is 48.9 Å². The van der Waals surface area contributed by atoms with Crippen LogP contribution in [0.25, 0.3) is 0 Å². The molecule has 0 fully saturated rings. The van der Waals surface area contributed by atoms with Crippen molar-refractivity contribution in [1.82, 2.24) is 15.6 Å². The molecule has 1 heterocycles. The van der Waals surface area contributed by atoms with Gasteiger partial charge in [0.25, 0.3) is 0 Å². The van der Waals surface area contributed by atoms with Crippen molar-refractivity contribution in [3.8, 4) is 0 Å². The Morgan fingerprint density at radius 3 is 2.80 bits per heavy atom. The van der Waals surface area contributed by atoms with E-state index in [-0.39, 0.29) is 29.8 Å². The van der Waals surface area contributed by atoms with Crippen LogP contribution in [0.3, 0.4) is 0 Å². The number of halogens is 2. The fourth-order valence-electron chi connectivity index (χ4n) is 2.31. The summed E-state index contributed by atoms with van der Waals surface area (Å²) in [7, 11) is 0. The molecule has 0 amide bonds. The third-order valence-electron chi connectivity index (χ3n) is 3.43. The van der Waals surface area contributed by atoms with Crippen LogP contribution in [-0.2, 0) is 12.8 Å². The zero-order valence-corrected chi connectivity index (χ0v) is 17.9. The molecule has 138 valence electrons. The number of guanidine groups is 1. The predicted octanol–water partition coefficient (Wildman–Crippen LogP) is 3.94. The molecule has 0 bridgehead atoms. The van der Waals surface area contributed by atoms with Gasteiger partial charge >= 0.3 is 0 Å². The van der Waals surface area contributed by atoms with Crippen molar-refractivity contribution in [3.63, 3.8) is 0 Å². The van der Waals surface area contributed by atoms with Crippen molar-refractivity contribution in [3.05, 3.63) is 51.7 Å². The predicted molar refractivity (Wildman–Crippen MR) is 115 cm³/mol. The summed E-state index contributed by atoms with van der Waals surface area (Å²) in [6.45, 7) is 6.46. The van der Waals surface area contributed by atoms with Gasteiger partial charge in [-0.2, -0.15) is 0 Å². The number of benzene rings is 1. The van der Waals surface area contributed by atoms with Crippen LogP contribution in [0.4, 0.5) is 4.39 Å². The third-order valence-corrected chi connectivity index (χ3v) is 4.40. The molecular formula is C18H26FIN4S. The molecule has 1 aromatic carbocycles. The molecule has 0 aliphatic carbocycles. The van der Waals surface area contributed by atoms with Crippen LogP contribution in [0, 0.1) is 12.7 Å². The van der Waals surface area contributed by atoms with Crippen molar-refractivity contribution in [2.24, 2.45) is 4.99 Å².